The van der Waals surface area contributed by atoms with Gasteiger partial charge in [0, 0.05) is 5.56 Å². The van der Waals surface area contributed by atoms with Gasteiger partial charge in [-0.05, 0) is 6.92 Å². The van der Waals surface area contributed by atoms with Crippen LogP contribution in [0.15, 0.2) is 0 Å². The first-order valence-corrected chi connectivity index (χ1v) is 3.48. The molecule has 0 saturated heterocycles. The van der Waals surface area contributed by atoms with Crippen LogP contribution in [0.4, 0.5) is 8.78 Å². The molecule has 1 radical (unpaired) electrons. The zero-order valence-electron chi connectivity index (χ0n) is 6.92. The molecule has 0 saturated carbocycles. The molecular weight excluding hydrogens is 178 g/mol. The average Bonchev–Trinajstić information content (AvgIpc) is 2.43. The van der Waals surface area contributed by atoms with Crippen molar-refractivity contribution in [3.8, 4) is 18.2 Å². The van der Waals surface area contributed by atoms with Gasteiger partial charge in [0.15, 0.2) is 6.61 Å². The van der Waals surface area contributed by atoms with E-state index in [4.69, 9.17) is 11.2 Å². The third kappa shape index (κ3) is 1.96. The highest BCUT2D eigenvalue weighted by Gasteiger charge is 2.15. The topological polar surface area (TPSA) is 27.1 Å². The summed E-state index contributed by atoms with van der Waals surface area (Å²) in [5.74, 6) is 2.14. The molecule has 3 nitrogen and oxygen atoms in total. The summed E-state index contributed by atoms with van der Waals surface area (Å²) >= 11 is 0. The first-order chi connectivity index (χ1) is 6.16. The number of terminal acetylenes is 1. The van der Waals surface area contributed by atoms with Crippen LogP contribution in [0, 0.1) is 25.5 Å². The molecule has 0 atom stereocenters. The summed E-state index contributed by atoms with van der Waals surface area (Å²) in [5.41, 5.74) is 0.413. The predicted octanol–water partition coefficient (Wildman–Crippen LogP) is 1.40. The second kappa shape index (κ2) is 3.90. The molecule has 0 N–H and O–H groups in total. The van der Waals surface area contributed by atoms with Crippen molar-refractivity contribution < 1.29 is 13.5 Å². The zero-order chi connectivity index (χ0) is 9.84. The lowest BCUT2D eigenvalue weighted by Gasteiger charge is -2.06. The smallest absolute Gasteiger partial charge is 0.336 e. The van der Waals surface area contributed by atoms with Crippen molar-refractivity contribution in [2.45, 2.75) is 13.5 Å². The largest absolute Gasteiger partial charge is 0.464 e. The zero-order valence-corrected chi connectivity index (χ0v) is 6.92. The van der Waals surface area contributed by atoms with Crippen LogP contribution >= 0.6 is 0 Å². The molecule has 1 rings (SSSR count). The lowest BCUT2D eigenvalue weighted by atomic mass is 10.4. The van der Waals surface area contributed by atoms with Gasteiger partial charge >= 0.3 is 6.55 Å². The van der Waals surface area contributed by atoms with Gasteiger partial charge in [-0.15, -0.1) is 6.42 Å². The Bertz CT molecular complexity index is 327. The maximum atomic E-state index is 12.2. The minimum Gasteiger partial charge on any atom is -0.464 e. The molecule has 0 aliphatic heterocycles. The number of rotatable bonds is 3. The number of hydrogen-bond donors (Lipinski definition) is 0. The SMILES string of the molecule is C#CCOc1c(C)[c]nn1C(F)F. The Morgan fingerprint density at radius 3 is 3.00 bits per heavy atom. The highest BCUT2D eigenvalue weighted by Crippen LogP contribution is 2.22. The number of ether oxygens (including phenoxy) is 1. The van der Waals surface area contributed by atoms with Crippen LogP contribution in [0.1, 0.15) is 12.1 Å². The fourth-order valence-electron chi connectivity index (χ4n) is 0.811. The van der Waals surface area contributed by atoms with Crippen LogP contribution in [0.3, 0.4) is 0 Å². The highest BCUT2D eigenvalue weighted by molar-refractivity contribution is 5.21. The molecule has 0 bridgehead atoms. The molecule has 13 heavy (non-hydrogen) atoms. The van der Waals surface area contributed by atoms with Crippen LogP contribution in [-0.4, -0.2) is 16.4 Å². The second-order valence-corrected chi connectivity index (χ2v) is 2.26. The Morgan fingerprint density at radius 2 is 2.46 bits per heavy atom. The molecule has 0 aliphatic rings. The highest BCUT2D eigenvalue weighted by atomic mass is 19.3. The molecule has 0 aromatic carbocycles. The molecule has 5 heteroatoms. The van der Waals surface area contributed by atoms with Crippen molar-refractivity contribution in [1.29, 1.82) is 0 Å². The fourth-order valence-corrected chi connectivity index (χ4v) is 0.811. The lowest BCUT2D eigenvalue weighted by Crippen LogP contribution is -2.06. The Balaban J connectivity index is 2.89. The van der Waals surface area contributed by atoms with E-state index < -0.39 is 6.55 Å². The van der Waals surface area contributed by atoms with Gasteiger partial charge in [0.2, 0.25) is 5.88 Å². The Morgan fingerprint density at radius 1 is 1.77 bits per heavy atom. The van der Waals surface area contributed by atoms with E-state index in [-0.39, 0.29) is 12.5 Å². The average molecular weight is 185 g/mol. The van der Waals surface area contributed by atoms with Gasteiger partial charge in [0.1, 0.15) is 6.20 Å². The molecule has 1 aromatic rings. The second-order valence-electron chi connectivity index (χ2n) is 2.26. The van der Waals surface area contributed by atoms with Gasteiger partial charge < -0.3 is 4.74 Å². The van der Waals surface area contributed by atoms with Crippen LogP contribution in [0.25, 0.3) is 0 Å². The van der Waals surface area contributed by atoms with E-state index in [0.717, 1.165) is 0 Å². The summed E-state index contributed by atoms with van der Waals surface area (Å²) in [5, 5.41) is 3.32. The molecule has 1 heterocycles. The van der Waals surface area contributed by atoms with E-state index >= 15 is 0 Å². The van der Waals surface area contributed by atoms with Crippen LogP contribution in [0.5, 0.6) is 5.88 Å². The van der Waals surface area contributed by atoms with Gasteiger partial charge in [-0.3, -0.25) is 0 Å². The minimum absolute atomic E-state index is 0.0343. The lowest BCUT2D eigenvalue weighted by molar-refractivity contribution is 0.0465. The normalized spacial score (nSPS) is 10.1. The standard InChI is InChI=1S/C8H7F2N2O/c1-3-4-13-7-6(2)5-11-12(7)8(9)10/h1,8H,4H2,2H3. The Hall–Kier alpha value is -1.57. The molecule has 0 spiro atoms. The Labute approximate surface area is 74.3 Å². The van der Waals surface area contributed by atoms with Crippen molar-refractivity contribution in [2.75, 3.05) is 6.61 Å². The first kappa shape index (κ1) is 9.52. The summed E-state index contributed by atoms with van der Waals surface area (Å²) in [4.78, 5) is 0. The van der Waals surface area contributed by atoms with Gasteiger partial charge in [-0.25, -0.2) is 0 Å². The van der Waals surface area contributed by atoms with Crippen molar-refractivity contribution in [3.63, 3.8) is 0 Å². The van der Waals surface area contributed by atoms with E-state index in [0.29, 0.717) is 10.2 Å². The summed E-state index contributed by atoms with van der Waals surface area (Å²) in [6, 6.07) is 0. The molecule has 0 unspecified atom stereocenters. The van der Waals surface area contributed by atoms with Crippen molar-refractivity contribution >= 4 is 0 Å². The third-order valence-electron chi connectivity index (χ3n) is 1.33. The van der Waals surface area contributed by atoms with Crippen LogP contribution in [-0.2, 0) is 0 Å². The molecular formula is C8H7F2N2O. The van der Waals surface area contributed by atoms with Gasteiger partial charge in [0.25, 0.3) is 0 Å². The first-order valence-electron chi connectivity index (χ1n) is 3.48. The van der Waals surface area contributed by atoms with Gasteiger partial charge in [-0.1, -0.05) is 5.92 Å². The maximum absolute atomic E-state index is 12.2. The summed E-state index contributed by atoms with van der Waals surface area (Å²) in [7, 11) is 0. The van der Waals surface area contributed by atoms with Crippen molar-refractivity contribution in [2.24, 2.45) is 0 Å². The quantitative estimate of drug-likeness (QED) is 0.665. The molecule has 0 fully saturated rings. The fraction of sp³-hybridized carbons (Fsp3) is 0.375. The van der Waals surface area contributed by atoms with Gasteiger partial charge in [0.05, 0.1) is 0 Å². The molecule has 0 aliphatic carbocycles. The summed E-state index contributed by atoms with van der Waals surface area (Å²) < 4.78 is 29.7. The number of aryl methyl sites for hydroxylation is 1. The Kier molecular flexibility index (Phi) is 2.85. The maximum Gasteiger partial charge on any atom is 0.336 e. The van der Waals surface area contributed by atoms with E-state index in [1.54, 1.807) is 6.92 Å². The predicted molar refractivity (Wildman–Crippen MR) is 41.4 cm³/mol. The summed E-state index contributed by atoms with van der Waals surface area (Å²) in [6.45, 7) is -1.23. The number of aromatic nitrogens is 2. The number of halogens is 2. The number of hydrogen-bond acceptors (Lipinski definition) is 2. The van der Waals surface area contributed by atoms with Crippen molar-refractivity contribution in [3.05, 3.63) is 11.8 Å². The minimum atomic E-state index is -2.74. The van der Waals surface area contributed by atoms with E-state index in [1.165, 1.54) is 0 Å². The van der Waals surface area contributed by atoms with E-state index in [9.17, 15) is 8.78 Å². The third-order valence-corrected chi connectivity index (χ3v) is 1.33. The molecule has 69 valence electrons. The molecule has 0 amide bonds. The number of alkyl halides is 2. The van der Waals surface area contributed by atoms with Crippen LogP contribution < -0.4 is 4.74 Å². The molecule has 1 aromatic heterocycles. The van der Waals surface area contributed by atoms with Crippen LogP contribution in [0.2, 0.25) is 0 Å². The van der Waals surface area contributed by atoms with Crippen molar-refractivity contribution in [1.82, 2.24) is 9.78 Å². The monoisotopic (exact) mass is 185 g/mol. The van der Waals surface area contributed by atoms with E-state index in [2.05, 4.69) is 17.2 Å². The summed E-state index contributed by atoms with van der Waals surface area (Å²) in [6.07, 6.45) is 7.29. The number of nitrogens with zero attached hydrogens (tertiary/aromatic N) is 2. The van der Waals surface area contributed by atoms with E-state index in [1.807, 2.05) is 0 Å². The van der Waals surface area contributed by atoms with Gasteiger partial charge in [-0.2, -0.15) is 18.6 Å².